The summed E-state index contributed by atoms with van der Waals surface area (Å²) in [5, 5.41) is 2.67. The monoisotopic (exact) mass is 242 g/mol. The number of carbonyl (C=O) groups excluding carboxylic acids is 2. The lowest BCUT2D eigenvalue weighted by molar-refractivity contribution is -0.123. The molecule has 16 heavy (non-hydrogen) atoms. The standard InChI is InChI=1S/C9H11ClN4O2/c10-6-2-1-3-8(13-6)14-9(16)5(11)4-7(12)15/h1-3,5H,4,11H2,(H2,12,15)(H,13,14,16). The topological polar surface area (TPSA) is 111 Å². The predicted octanol–water partition coefficient (Wildman–Crippen LogP) is -0.124. The summed E-state index contributed by atoms with van der Waals surface area (Å²) in [7, 11) is 0. The lowest BCUT2D eigenvalue weighted by atomic mass is 10.2. The molecule has 7 heteroatoms. The Bertz CT molecular complexity index is 410. The molecule has 1 aromatic heterocycles. The van der Waals surface area contributed by atoms with Crippen molar-refractivity contribution in [1.82, 2.24) is 4.98 Å². The Labute approximate surface area is 97.0 Å². The van der Waals surface area contributed by atoms with Crippen molar-refractivity contribution >= 4 is 29.2 Å². The number of carbonyl (C=O) groups is 2. The second-order valence-electron chi connectivity index (χ2n) is 3.11. The molecule has 0 fully saturated rings. The van der Waals surface area contributed by atoms with Crippen LogP contribution in [-0.4, -0.2) is 22.8 Å². The molecule has 0 aliphatic heterocycles. The predicted molar refractivity (Wildman–Crippen MR) is 59.7 cm³/mol. The van der Waals surface area contributed by atoms with Gasteiger partial charge in [0.1, 0.15) is 11.0 Å². The van der Waals surface area contributed by atoms with Gasteiger partial charge in [-0.25, -0.2) is 4.98 Å². The lowest BCUT2D eigenvalue weighted by Crippen LogP contribution is -2.39. The summed E-state index contributed by atoms with van der Waals surface area (Å²) in [5.41, 5.74) is 10.3. The van der Waals surface area contributed by atoms with Crippen molar-refractivity contribution in [1.29, 1.82) is 0 Å². The molecule has 1 unspecified atom stereocenters. The van der Waals surface area contributed by atoms with Gasteiger partial charge in [-0.15, -0.1) is 0 Å². The lowest BCUT2D eigenvalue weighted by Gasteiger charge is -2.09. The molecular formula is C9H11ClN4O2. The van der Waals surface area contributed by atoms with E-state index in [-0.39, 0.29) is 17.4 Å². The smallest absolute Gasteiger partial charge is 0.242 e. The van der Waals surface area contributed by atoms with Gasteiger partial charge in [0, 0.05) is 0 Å². The molecule has 5 N–H and O–H groups in total. The zero-order valence-corrected chi connectivity index (χ0v) is 9.07. The summed E-state index contributed by atoms with van der Waals surface area (Å²) >= 11 is 5.62. The molecule has 86 valence electrons. The van der Waals surface area contributed by atoms with Gasteiger partial charge in [0.05, 0.1) is 12.5 Å². The van der Waals surface area contributed by atoms with E-state index in [4.69, 9.17) is 23.1 Å². The summed E-state index contributed by atoms with van der Waals surface area (Å²) in [6, 6.07) is 3.77. The SMILES string of the molecule is NC(=O)CC(N)C(=O)Nc1cccc(Cl)n1. The summed E-state index contributed by atoms with van der Waals surface area (Å²) < 4.78 is 0. The third-order valence-electron chi connectivity index (χ3n) is 1.72. The van der Waals surface area contributed by atoms with Crippen molar-refractivity contribution in [3.63, 3.8) is 0 Å². The second kappa shape index (κ2) is 5.43. The van der Waals surface area contributed by atoms with Gasteiger partial charge in [-0.1, -0.05) is 17.7 Å². The van der Waals surface area contributed by atoms with Crippen LogP contribution in [0.4, 0.5) is 5.82 Å². The third-order valence-corrected chi connectivity index (χ3v) is 1.93. The van der Waals surface area contributed by atoms with Crippen LogP contribution >= 0.6 is 11.6 Å². The molecule has 2 amide bonds. The highest BCUT2D eigenvalue weighted by Gasteiger charge is 2.16. The molecule has 1 heterocycles. The Morgan fingerprint density at radius 2 is 2.19 bits per heavy atom. The molecule has 0 saturated heterocycles. The van der Waals surface area contributed by atoms with Crippen LogP contribution in [0, 0.1) is 0 Å². The molecule has 0 aromatic carbocycles. The largest absolute Gasteiger partial charge is 0.370 e. The Morgan fingerprint density at radius 1 is 1.50 bits per heavy atom. The summed E-state index contributed by atoms with van der Waals surface area (Å²) in [6.07, 6.45) is -0.216. The highest BCUT2D eigenvalue weighted by atomic mass is 35.5. The number of nitrogens with two attached hydrogens (primary N) is 2. The fraction of sp³-hybridized carbons (Fsp3) is 0.222. The van der Waals surface area contributed by atoms with E-state index >= 15 is 0 Å². The number of hydrogen-bond donors (Lipinski definition) is 3. The summed E-state index contributed by atoms with van der Waals surface area (Å²) in [5.74, 6) is -0.896. The van der Waals surface area contributed by atoms with E-state index < -0.39 is 17.9 Å². The first kappa shape index (κ1) is 12.4. The van der Waals surface area contributed by atoms with E-state index in [9.17, 15) is 9.59 Å². The van der Waals surface area contributed by atoms with E-state index in [1.165, 1.54) is 0 Å². The summed E-state index contributed by atoms with van der Waals surface area (Å²) in [6.45, 7) is 0. The first-order chi connectivity index (χ1) is 7.49. The maximum atomic E-state index is 11.4. The van der Waals surface area contributed by atoms with E-state index in [2.05, 4.69) is 10.3 Å². The van der Waals surface area contributed by atoms with Gasteiger partial charge < -0.3 is 16.8 Å². The van der Waals surface area contributed by atoms with Crippen molar-refractivity contribution < 1.29 is 9.59 Å². The van der Waals surface area contributed by atoms with E-state index in [0.29, 0.717) is 0 Å². The maximum Gasteiger partial charge on any atom is 0.242 e. The molecule has 1 rings (SSSR count). The molecule has 0 radical (unpaired) electrons. The Hall–Kier alpha value is -1.66. The third kappa shape index (κ3) is 3.84. The minimum absolute atomic E-state index is 0.216. The number of aromatic nitrogens is 1. The molecular weight excluding hydrogens is 232 g/mol. The number of rotatable bonds is 4. The van der Waals surface area contributed by atoms with Crippen LogP contribution in [-0.2, 0) is 9.59 Å². The number of primary amides is 1. The van der Waals surface area contributed by atoms with Gasteiger partial charge in [-0.3, -0.25) is 9.59 Å². The first-order valence-electron chi connectivity index (χ1n) is 4.46. The van der Waals surface area contributed by atoms with Gasteiger partial charge in [0.15, 0.2) is 0 Å². The molecule has 0 spiro atoms. The Balaban J connectivity index is 2.60. The zero-order chi connectivity index (χ0) is 12.1. The first-order valence-corrected chi connectivity index (χ1v) is 4.84. The fourth-order valence-electron chi connectivity index (χ4n) is 1.01. The normalized spacial score (nSPS) is 11.9. The number of nitrogens with one attached hydrogen (secondary N) is 1. The van der Waals surface area contributed by atoms with Crippen LogP contribution in [0.15, 0.2) is 18.2 Å². The minimum atomic E-state index is -0.988. The fourth-order valence-corrected chi connectivity index (χ4v) is 1.17. The van der Waals surface area contributed by atoms with Crippen molar-refractivity contribution in [3.8, 4) is 0 Å². The number of nitrogens with zero attached hydrogens (tertiary/aromatic N) is 1. The van der Waals surface area contributed by atoms with Crippen LogP contribution in [0.5, 0.6) is 0 Å². The molecule has 0 aliphatic rings. The van der Waals surface area contributed by atoms with Crippen LogP contribution in [0.2, 0.25) is 5.15 Å². The molecule has 0 saturated carbocycles. The Kier molecular flexibility index (Phi) is 4.21. The molecule has 0 aliphatic carbocycles. The van der Waals surface area contributed by atoms with Gasteiger partial charge in [-0.05, 0) is 12.1 Å². The average Bonchev–Trinajstić information content (AvgIpc) is 2.16. The summed E-state index contributed by atoms with van der Waals surface area (Å²) in [4.78, 5) is 25.8. The highest BCUT2D eigenvalue weighted by Crippen LogP contribution is 2.09. The second-order valence-corrected chi connectivity index (χ2v) is 3.50. The van der Waals surface area contributed by atoms with E-state index in [1.807, 2.05) is 0 Å². The van der Waals surface area contributed by atoms with Crippen LogP contribution in [0.25, 0.3) is 0 Å². The molecule has 1 atom stereocenters. The molecule has 1 aromatic rings. The van der Waals surface area contributed by atoms with E-state index in [1.54, 1.807) is 18.2 Å². The van der Waals surface area contributed by atoms with Crippen molar-refractivity contribution in [2.24, 2.45) is 11.5 Å². The maximum absolute atomic E-state index is 11.4. The van der Waals surface area contributed by atoms with Crippen molar-refractivity contribution in [2.75, 3.05) is 5.32 Å². The van der Waals surface area contributed by atoms with Crippen LogP contribution < -0.4 is 16.8 Å². The number of pyridine rings is 1. The number of amides is 2. The minimum Gasteiger partial charge on any atom is -0.370 e. The highest BCUT2D eigenvalue weighted by molar-refractivity contribution is 6.29. The average molecular weight is 243 g/mol. The Morgan fingerprint density at radius 3 is 2.75 bits per heavy atom. The van der Waals surface area contributed by atoms with Gasteiger partial charge >= 0.3 is 0 Å². The van der Waals surface area contributed by atoms with Crippen molar-refractivity contribution in [3.05, 3.63) is 23.4 Å². The number of halogens is 1. The molecule has 0 bridgehead atoms. The quantitative estimate of drug-likeness (QED) is 0.639. The van der Waals surface area contributed by atoms with Crippen LogP contribution in [0.1, 0.15) is 6.42 Å². The van der Waals surface area contributed by atoms with Gasteiger partial charge in [0.25, 0.3) is 0 Å². The zero-order valence-electron chi connectivity index (χ0n) is 8.31. The van der Waals surface area contributed by atoms with Gasteiger partial charge in [-0.2, -0.15) is 0 Å². The number of hydrogen-bond acceptors (Lipinski definition) is 4. The van der Waals surface area contributed by atoms with Crippen molar-refractivity contribution in [2.45, 2.75) is 12.5 Å². The number of anilines is 1. The molecule has 6 nitrogen and oxygen atoms in total. The van der Waals surface area contributed by atoms with Crippen LogP contribution in [0.3, 0.4) is 0 Å². The van der Waals surface area contributed by atoms with Gasteiger partial charge in [0.2, 0.25) is 11.8 Å². The van der Waals surface area contributed by atoms with E-state index in [0.717, 1.165) is 0 Å².